The van der Waals surface area contributed by atoms with Crippen LogP contribution in [-0.4, -0.2) is 45.3 Å². The van der Waals surface area contributed by atoms with E-state index in [1.165, 1.54) is 11.8 Å². The quantitative estimate of drug-likeness (QED) is 0.793. The summed E-state index contributed by atoms with van der Waals surface area (Å²) < 4.78 is 7.83. The van der Waals surface area contributed by atoms with Crippen molar-refractivity contribution in [3.8, 4) is 5.75 Å². The summed E-state index contributed by atoms with van der Waals surface area (Å²) in [6, 6.07) is 9.77. The van der Waals surface area contributed by atoms with E-state index in [0.29, 0.717) is 12.3 Å². The molecule has 0 radical (unpaired) electrons. The first-order valence-electron chi connectivity index (χ1n) is 7.32. The van der Waals surface area contributed by atoms with Gasteiger partial charge in [-0.05, 0) is 12.1 Å². The van der Waals surface area contributed by atoms with Gasteiger partial charge in [0.15, 0.2) is 5.16 Å². The van der Waals surface area contributed by atoms with Gasteiger partial charge in [-0.3, -0.25) is 4.79 Å². The summed E-state index contributed by atoms with van der Waals surface area (Å²) in [4.78, 5) is 18.4. The second-order valence-corrected chi connectivity index (χ2v) is 6.23. The van der Waals surface area contributed by atoms with E-state index < -0.39 is 0 Å². The Hall–Kier alpha value is -1.95. The predicted octanol–water partition coefficient (Wildman–Crippen LogP) is 2.19. The molecule has 1 saturated heterocycles. The third kappa shape index (κ3) is 3.62. The van der Waals surface area contributed by atoms with E-state index in [-0.39, 0.29) is 12.0 Å². The van der Waals surface area contributed by atoms with Gasteiger partial charge in [-0.15, -0.1) is 0 Å². The third-order valence-corrected chi connectivity index (χ3v) is 4.69. The number of benzene rings is 1. The average molecular weight is 317 g/mol. The number of thioether (sulfide) groups is 1. The van der Waals surface area contributed by atoms with E-state index in [1.54, 1.807) is 6.20 Å². The first-order valence-corrected chi connectivity index (χ1v) is 8.30. The maximum atomic E-state index is 12.3. The van der Waals surface area contributed by atoms with Crippen LogP contribution in [0.5, 0.6) is 5.75 Å². The minimum Gasteiger partial charge on any atom is -0.489 e. The number of hydrogen-bond donors (Lipinski definition) is 0. The number of hydrogen-bond acceptors (Lipinski definition) is 4. The number of carbonyl (C=O) groups is 1. The fourth-order valence-corrected chi connectivity index (χ4v) is 3.29. The Morgan fingerprint density at radius 1 is 1.41 bits per heavy atom. The van der Waals surface area contributed by atoms with Gasteiger partial charge >= 0.3 is 0 Å². The molecule has 2 heterocycles. The van der Waals surface area contributed by atoms with E-state index in [1.807, 2.05) is 53.0 Å². The van der Waals surface area contributed by atoms with Crippen molar-refractivity contribution in [1.82, 2.24) is 14.5 Å². The van der Waals surface area contributed by atoms with Crippen molar-refractivity contribution in [1.29, 1.82) is 0 Å². The molecular weight excluding hydrogens is 298 g/mol. The molecule has 1 aliphatic heterocycles. The number of imidazole rings is 1. The summed E-state index contributed by atoms with van der Waals surface area (Å²) >= 11 is 1.47. The molecule has 0 aliphatic carbocycles. The number of para-hydroxylation sites is 1. The Morgan fingerprint density at radius 3 is 2.95 bits per heavy atom. The molecule has 0 spiro atoms. The SMILES string of the molecule is Cn1ccnc1SCC(=O)N1CCC(Oc2ccccc2)C1. The molecule has 22 heavy (non-hydrogen) atoms. The molecule has 5 nitrogen and oxygen atoms in total. The molecule has 0 bridgehead atoms. The molecule has 1 amide bonds. The van der Waals surface area contributed by atoms with Gasteiger partial charge < -0.3 is 14.2 Å². The lowest BCUT2D eigenvalue weighted by Gasteiger charge is -2.17. The minimum atomic E-state index is 0.0875. The Balaban J connectivity index is 1.47. The molecule has 1 aliphatic rings. The topological polar surface area (TPSA) is 47.4 Å². The van der Waals surface area contributed by atoms with E-state index in [9.17, 15) is 4.79 Å². The van der Waals surface area contributed by atoms with E-state index in [2.05, 4.69) is 4.98 Å². The highest BCUT2D eigenvalue weighted by molar-refractivity contribution is 7.99. The summed E-state index contributed by atoms with van der Waals surface area (Å²) in [5.74, 6) is 1.43. The van der Waals surface area contributed by atoms with Crippen LogP contribution in [0.3, 0.4) is 0 Å². The highest BCUT2D eigenvalue weighted by Gasteiger charge is 2.27. The average Bonchev–Trinajstić information content (AvgIpc) is 3.15. The Labute approximate surface area is 134 Å². The monoisotopic (exact) mass is 317 g/mol. The first-order chi connectivity index (χ1) is 10.7. The van der Waals surface area contributed by atoms with Crippen LogP contribution in [0.15, 0.2) is 47.9 Å². The van der Waals surface area contributed by atoms with Crippen molar-refractivity contribution in [3.05, 3.63) is 42.7 Å². The summed E-state index contributed by atoms with van der Waals surface area (Å²) in [5, 5.41) is 0.865. The molecule has 2 aromatic rings. The van der Waals surface area contributed by atoms with Gasteiger partial charge in [0.05, 0.1) is 12.3 Å². The number of ether oxygens (including phenoxy) is 1. The van der Waals surface area contributed by atoms with Gasteiger partial charge in [0.25, 0.3) is 0 Å². The molecule has 1 atom stereocenters. The lowest BCUT2D eigenvalue weighted by Crippen LogP contribution is -2.32. The van der Waals surface area contributed by atoms with Crippen molar-refractivity contribution in [2.24, 2.45) is 7.05 Å². The first kappa shape index (κ1) is 15.0. The van der Waals surface area contributed by atoms with Gasteiger partial charge in [0, 0.05) is 32.4 Å². The van der Waals surface area contributed by atoms with Crippen molar-refractivity contribution < 1.29 is 9.53 Å². The van der Waals surface area contributed by atoms with Crippen molar-refractivity contribution in [3.63, 3.8) is 0 Å². The van der Waals surface area contributed by atoms with Gasteiger partial charge in [-0.1, -0.05) is 30.0 Å². The number of aryl methyl sites for hydroxylation is 1. The summed E-state index contributed by atoms with van der Waals surface area (Å²) in [7, 11) is 1.93. The van der Waals surface area contributed by atoms with Crippen LogP contribution in [0.1, 0.15) is 6.42 Å². The second kappa shape index (κ2) is 6.87. The number of rotatable bonds is 5. The van der Waals surface area contributed by atoms with Crippen molar-refractivity contribution in [2.45, 2.75) is 17.7 Å². The summed E-state index contributed by atoms with van der Waals surface area (Å²) in [6.07, 6.45) is 4.59. The molecule has 1 fully saturated rings. The van der Waals surface area contributed by atoms with Crippen LogP contribution in [0.4, 0.5) is 0 Å². The largest absolute Gasteiger partial charge is 0.489 e. The van der Waals surface area contributed by atoms with Gasteiger partial charge in [0.2, 0.25) is 5.91 Å². The predicted molar refractivity (Wildman–Crippen MR) is 86.0 cm³/mol. The maximum absolute atomic E-state index is 12.3. The van der Waals surface area contributed by atoms with Crippen LogP contribution < -0.4 is 4.74 Å². The molecule has 116 valence electrons. The van der Waals surface area contributed by atoms with Crippen molar-refractivity contribution in [2.75, 3.05) is 18.8 Å². The highest BCUT2D eigenvalue weighted by Crippen LogP contribution is 2.20. The summed E-state index contributed by atoms with van der Waals surface area (Å²) in [6.45, 7) is 1.42. The van der Waals surface area contributed by atoms with Crippen molar-refractivity contribution >= 4 is 17.7 Å². The van der Waals surface area contributed by atoms with Crippen LogP contribution in [-0.2, 0) is 11.8 Å². The van der Waals surface area contributed by atoms with Gasteiger partial charge in [-0.2, -0.15) is 0 Å². The minimum absolute atomic E-state index is 0.0875. The molecule has 0 saturated carbocycles. The van der Waals surface area contributed by atoms with Crippen LogP contribution >= 0.6 is 11.8 Å². The van der Waals surface area contributed by atoms with Crippen LogP contribution in [0.25, 0.3) is 0 Å². The van der Waals surface area contributed by atoms with E-state index >= 15 is 0 Å². The summed E-state index contributed by atoms with van der Waals surface area (Å²) in [5.41, 5.74) is 0. The number of nitrogens with zero attached hydrogens (tertiary/aromatic N) is 3. The normalized spacial score (nSPS) is 17.7. The molecule has 0 N–H and O–H groups in total. The van der Waals surface area contributed by atoms with Crippen LogP contribution in [0, 0.1) is 0 Å². The van der Waals surface area contributed by atoms with E-state index in [4.69, 9.17) is 4.74 Å². The zero-order chi connectivity index (χ0) is 15.4. The Bertz CT molecular complexity index is 629. The molecule has 6 heteroatoms. The number of aromatic nitrogens is 2. The van der Waals surface area contributed by atoms with E-state index in [0.717, 1.165) is 23.9 Å². The zero-order valence-corrected chi connectivity index (χ0v) is 13.3. The Kier molecular flexibility index (Phi) is 4.68. The maximum Gasteiger partial charge on any atom is 0.233 e. The van der Waals surface area contributed by atoms with Gasteiger partial charge in [0.1, 0.15) is 11.9 Å². The number of carbonyl (C=O) groups excluding carboxylic acids is 1. The molecule has 1 unspecified atom stereocenters. The smallest absolute Gasteiger partial charge is 0.233 e. The fourth-order valence-electron chi connectivity index (χ4n) is 2.45. The van der Waals surface area contributed by atoms with Gasteiger partial charge in [-0.25, -0.2) is 4.98 Å². The van der Waals surface area contributed by atoms with Crippen LogP contribution in [0.2, 0.25) is 0 Å². The number of amides is 1. The molecule has 1 aromatic carbocycles. The standard InChI is InChI=1S/C16H19N3O2S/c1-18-10-8-17-16(18)22-12-15(20)19-9-7-14(11-19)21-13-5-3-2-4-6-13/h2-6,8,10,14H,7,9,11-12H2,1H3. The second-order valence-electron chi connectivity index (χ2n) is 5.29. The fraction of sp³-hybridized carbons (Fsp3) is 0.375. The lowest BCUT2D eigenvalue weighted by atomic mass is 10.3. The zero-order valence-electron chi connectivity index (χ0n) is 12.5. The molecule has 3 rings (SSSR count). The third-order valence-electron chi connectivity index (χ3n) is 3.65. The Morgan fingerprint density at radius 2 is 2.23 bits per heavy atom. The highest BCUT2D eigenvalue weighted by atomic mass is 32.2. The number of likely N-dealkylation sites (tertiary alicyclic amines) is 1. The lowest BCUT2D eigenvalue weighted by molar-refractivity contribution is -0.127. The molecule has 1 aromatic heterocycles. The molecular formula is C16H19N3O2S.